The Morgan fingerprint density at radius 2 is 2.08 bits per heavy atom. The lowest BCUT2D eigenvalue weighted by atomic mass is 10.2. The topological polar surface area (TPSA) is 29.5 Å². The standard InChI is InChI=1S/C9H18O2S/c1-3-5-7-11-9(12)8(10)6-4-2/h8,10H,3-7H2,1-2H3. The third-order valence-corrected chi connectivity index (χ3v) is 1.97. The molecule has 0 saturated heterocycles. The second-order valence-corrected chi connectivity index (χ2v) is 3.23. The summed E-state index contributed by atoms with van der Waals surface area (Å²) in [4.78, 5) is 0. The van der Waals surface area contributed by atoms with Gasteiger partial charge >= 0.3 is 0 Å². The SMILES string of the molecule is CCCCOC(=S)C(O)CCC. The van der Waals surface area contributed by atoms with Crippen molar-refractivity contribution in [1.29, 1.82) is 0 Å². The van der Waals surface area contributed by atoms with E-state index < -0.39 is 6.10 Å². The number of hydrogen-bond donors (Lipinski definition) is 1. The first-order valence-electron chi connectivity index (χ1n) is 4.57. The molecule has 1 atom stereocenters. The molecule has 0 saturated carbocycles. The van der Waals surface area contributed by atoms with Crippen LogP contribution in [-0.2, 0) is 4.74 Å². The van der Waals surface area contributed by atoms with Crippen molar-refractivity contribution >= 4 is 17.3 Å². The van der Waals surface area contributed by atoms with E-state index in [1.807, 2.05) is 6.92 Å². The highest BCUT2D eigenvalue weighted by Gasteiger charge is 2.09. The number of aliphatic hydroxyl groups excluding tert-OH is 1. The molecule has 0 amide bonds. The van der Waals surface area contributed by atoms with E-state index in [1.165, 1.54) is 0 Å². The van der Waals surface area contributed by atoms with Crippen molar-refractivity contribution in [3.8, 4) is 0 Å². The molecule has 2 nitrogen and oxygen atoms in total. The molecule has 1 N–H and O–H groups in total. The zero-order chi connectivity index (χ0) is 9.40. The Morgan fingerprint density at radius 3 is 2.58 bits per heavy atom. The molecule has 12 heavy (non-hydrogen) atoms. The average Bonchev–Trinajstić information content (AvgIpc) is 2.05. The first-order chi connectivity index (χ1) is 5.72. The quantitative estimate of drug-likeness (QED) is 0.515. The van der Waals surface area contributed by atoms with Crippen molar-refractivity contribution in [2.45, 2.75) is 45.6 Å². The van der Waals surface area contributed by atoms with Crippen LogP contribution in [0.4, 0.5) is 0 Å². The minimum absolute atomic E-state index is 0.352. The normalized spacial score (nSPS) is 12.6. The first kappa shape index (κ1) is 11.8. The van der Waals surface area contributed by atoms with E-state index in [0.29, 0.717) is 18.1 Å². The summed E-state index contributed by atoms with van der Waals surface area (Å²) in [5.74, 6) is 0. The predicted octanol–water partition coefficient (Wildman–Crippen LogP) is 2.29. The lowest BCUT2D eigenvalue weighted by Gasteiger charge is -2.11. The van der Waals surface area contributed by atoms with E-state index in [1.54, 1.807) is 0 Å². The van der Waals surface area contributed by atoms with Gasteiger partial charge in [-0.25, -0.2) is 0 Å². The van der Waals surface area contributed by atoms with Gasteiger partial charge in [-0.3, -0.25) is 0 Å². The highest BCUT2D eigenvalue weighted by molar-refractivity contribution is 7.80. The number of thiocarbonyl (C=S) groups is 1. The lowest BCUT2D eigenvalue weighted by molar-refractivity contribution is 0.182. The Hall–Kier alpha value is -0.150. The predicted molar refractivity (Wildman–Crippen MR) is 54.4 cm³/mol. The van der Waals surface area contributed by atoms with Gasteiger partial charge in [-0.05, 0) is 25.1 Å². The van der Waals surface area contributed by atoms with E-state index in [4.69, 9.17) is 17.0 Å². The molecule has 0 spiro atoms. The number of hydrogen-bond acceptors (Lipinski definition) is 3. The summed E-state index contributed by atoms with van der Waals surface area (Å²) in [6.07, 6.45) is 3.16. The second kappa shape index (κ2) is 7.50. The second-order valence-electron chi connectivity index (χ2n) is 2.83. The summed E-state index contributed by atoms with van der Waals surface area (Å²) < 4.78 is 5.18. The average molecular weight is 190 g/mol. The van der Waals surface area contributed by atoms with E-state index >= 15 is 0 Å². The van der Waals surface area contributed by atoms with Crippen LogP contribution in [0.5, 0.6) is 0 Å². The van der Waals surface area contributed by atoms with Gasteiger partial charge in [-0.2, -0.15) is 0 Å². The fourth-order valence-electron chi connectivity index (χ4n) is 0.805. The van der Waals surface area contributed by atoms with E-state index in [-0.39, 0.29) is 0 Å². The molecule has 0 aromatic rings. The Bertz CT molecular complexity index is 126. The molecule has 0 aromatic carbocycles. The molecule has 0 fully saturated rings. The molecule has 0 aliphatic rings. The van der Waals surface area contributed by atoms with Crippen LogP contribution in [-0.4, -0.2) is 22.9 Å². The summed E-state index contributed by atoms with van der Waals surface area (Å²) >= 11 is 4.88. The highest BCUT2D eigenvalue weighted by atomic mass is 32.1. The maximum atomic E-state index is 9.35. The maximum Gasteiger partial charge on any atom is 0.188 e. The molecule has 1 unspecified atom stereocenters. The molecule has 0 aliphatic heterocycles. The van der Waals surface area contributed by atoms with Crippen molar-refractivity contribution in [3.63, 3.8) is 0 Å². The first-order valence-corrected chi connectivity index (χ1v) is 4.97. The summed E-state index contributed by atoms with van der Waals surface area (Å²) in [5.41, 5.74) is 0. The van der Waals surface area contributed by atoms with Gasteiger partial charge in [0.2, 0.25) is 0 Å². The van der Waals surface area contributed by atoms with Gasteiger partial charge in [0.25, 0.3) is 0 Å². The van der Waals surface area contributed by atoms with Gasteiger partial charge in [0.15, 0.2) is 5.05 Å². The van der Waals surface area contributed by atoms with Crippen LogP contribution in [0.25, 0.3) is 0 Å². The molecular weight excluding hydrogens is 172 g/mol. The molecule has 0 aromatic heterocycles. The zero-order valence-electron chi connectivity index (χ0n) is 7.88. The van der Waals surface area contributed by atoms with Gasteiger partial charge in [-0.15, -0.1) is 0 Å². The molecule has 0 rings (SSSR count). The number of ether oxygens (including phenoxy) is 1. The number of aliphatic hydroxyl groups is 1. The molecule has 72 valence electrons. The van der Waals surface area contributed by atoms with Crippen LogP contribution >= 0.6 is 12.2 Å². The van der Waals surface area contributed by atoms with E-state index in [0.717, 1.165) is 19.3 Å². The fourth-order valence-corrected chi connectivity index (χ4v) is 1.01. The molecule has 0 aliphatic carbocycles. The van der Waals surface area contributed by atoms with Gasteiger partial charge in [-0.1, -0.05) is 26.7 Å². The van der Waals surface area contributed by atoms with Gasteiger partial charge < -0.3 is 9.84 Å². The maximum absolute atomic E-state index is 9.35. The Morgan fingerprint density at radius 1 is 1.42 bits per heavy atom. The van der Waals surface area contributed by atoms with E-state index in [9.17, 15) is 5.11 Å². The fraction of sp³-hybridized carbons (Fsp3) is 0.889. The minimum Gasteiger partial charge on any atom is -0.484 e. The Kier molecular flexibility index (Phi) is 7.40. The summed E-state index contributed by atoms with van der Waals surface area (Å²) in [7, 11) is 0. The number of unbranched alkanes of at least 4 members (excludes halogenated alkanes) is 1. The van der Waals surface area contributed by atoms with Crippen molar-refractivity contribution in [3.05, 3.63) is 0 Å². The van der Waals surface area contributed by atoms with Gasteiger partial charge in [0, 0.05) is 0 Å². The molecule has 3 heteroatoms. The van der Waals surface area contributed by atoms with Crippen molar-refractivity contribution < 1.29 is 9.84 Å². The smallest absolute Gasteiger partial charge is 0.188 e. The Labute approximate surface area is 79.9 Å². The summed E-state index contributed by atoms with van der Waals surface area (Å²) in [5, 5.41) is 9.70. The van der Waals surface area contributed by atoms with Crippen LogP contribution in [0.15, 0.2) is 0 Å². The summed E-state index contributed by atoms with van der Waals surface area (Å²) in [6.45, 7) is 4.74. The van der Waals surface area contributed by atoms with Gasteiger partial charge in [0.1, 0.15) is 6.10 Å². The van der Waals surface area contributed by atoms with E-state index in [2.05, 4.69) is 6.92 Å². The third-order valence-electron chi connectivity index (χ3n) is 1.58. The van der Waals surface area contributed by atoms with Crippen molar-refractivity contribution in [1.82, 2.24) is 0 Å². The van der Waals surface area contributed by atoms with Crippen LogP contribution in [0.2, 0.25) is 0 Å². The van der Waals surface area contributed by atoms with Crippen LogP contribution < -0.4 is 0 Å². The zero-order valence-corrected chi connectivity index (χ0v) is 8.69. The molecular formula is C9H18O2S. The molecule has 0 radical (unpaired) electrons. The largest absolute Gasteiger partial charge is 0.484 e. The Balaban J connectivity index is 3.43. The van der Waals surface area contributed by atoms with Crippen molar-refractivity contribution in [2.24, 2.45) is 0 Å². The molecule has 0 bridgehead atoms. The van der Waals surface area contributed by atoms with Crippen molar-refractivity contribution in [2.75, 3.05) is 6.61 Å². The molecule has 0 heterocycles. The summed E-state index contributed by atoms with van der Waals surface area (Å²) in [6, 6.07) is 0. The monoisotopic (exact) mass is 190 g/mol. The van der Waals surface area contributed by atoms with Gasteiger partial charge in [0.05, 0.1) is 6.61 Å². The van der Waals surface area contributed by atoms with Crippen LogP contribution in [0.3, 0.4) is 0 Å². The number of rotatable bonds is 6. The minimum atomic E-state index is -0.554. The third kappa shape index (κ3) is 5.49. The highest BCUT2D eigenvalue weighted by Crippen LogP contribution is 2.01. The van der Waals surface area contributed by atoms with Crippen LogP contribution in [0.1, 0.15) is 39.5 Å². The lowest BCUT2D eigenvalue weighted by Crippen LogP contribution is -2.21. The van der Waals surface area contributed by atoms with Crippen LogP contribution in [0, 0.1) is 0 Å².